The summed E-state index contributed by atoms with van der Waals surface area (Å²) in [6, 6.07) is 13.4. The first-order valence-electron chi connectivity index (χ1n) is 5.33. The van der Waals surface area contributed by atoms with Crippen LogP contribution in [0.5, 0.6) is 11.5 Å². The molecule has 0 radical (unpaired) electrons. The minimum absolute atomic E-state index is 0.721. The fraction of sp³-hybridized carbons (Fsp3) is 0.143. The molecule has 2 rings (SSSR count). The number of anilines is 1. The molecule has 0 fully saturated rings. The van der Waals surface area contributed by atoms with Gasteiger partial charge in [0.2, 0.25) is 0 Å². The average Bonchev–Trinajstić information content (AvgIpc) is 2.38. The van der Waals surface area contributed by atoms with E-state index in [1.165, 1.54) is 0 Å². The molecule has 0 heterocycles. The lowest BCUT2D eigenvalue weighted by atomic mass is 10.0. The average molecular weight is 229 g/mol. The second-order valence-electron chi connectivity index (χ2n) is 3.65. The summed E-state index contributed by atoms with van der Waals surface area (Å²) in [7, 11) is 3.28. The smallest absolute Gasteiger partial charge is 0.127 e. The summed E-state index contributed by atoms with van der Waals surface area (Å²) in [6.45, 7) is 0. The zero-order chi connectivity index (χ0) is 12.3. The summed E-state index contributed by atoms with van der Waals surface area (Å²) in [6.07, 6.45) is 0. The van der Waals surface area contributed by atoms with Crippen molar-refractivity contribution in [2.45, 2.75) is 0 Å². The number of methoxy groups -OCH3 is 2. The Morgan fingerprint density at radius 3 is 2.29 bits per heavy atom. The van der Waals surface area contributed by atoms with Gasteiger partial charge in [0.25, 0.3) is 0 Å². The highest BCUT2D eigenvalue weighted by atomic mass is 16.5. The van der Waals surface area contributed by atoms with E-state index in [-0.39, 0.29) is 0 Å². The third-order valence-electron chi connectivity index (χ3n) is 2.66. The summed E-state index contributed by atoms with van der Waals surface area (Å²) in [5, 5.41) is 0. The zero-order valence-electron chi connectivity index (χ0n) is 9.94. The minimum atomic E-state index is 0.721. The van der Waals surface area contributed by atoms with E-state index < -0.39 is 0 Å². The molecule has 88 valence electrons. The van der Waals surface area contributed by atoms with Gasteiger partial charge in [0.1, 0.15) is 11.5 Å². The number of hydrogen-bond acceptors (Lipinski definition) is 3. The number of rotatable bonds is 3. The molecule has 0 atom stereocenters. The van der Waals surface area contributed by atoms with E-state index >= 15 is 0 Å². The number of nitrogens with two attached hydrogens (primary N) is 1. The van der Waals surface area contributed by atoms with Crippen molar-refractivity contribution in [2.75, 3.05) is 20.0 Å². The van der Waals surface area contributed by atoms with Crippen LogP contribution in [-0.2, 0) is 0 Å². The molecule has 3 heteroatoms. The van der Waals surface area contributed by atoms with E-state index in [2.05, 4.69) is 0 Å². The first-order chi connectivity index (χ1) is 8.26. The molecule has 0 saturated heterocycles. The van der Waals surface area contributed by atoms with E-state index in [0.717, 1.165) is 28.3 Å². The molecule has 2 aromatic rings. The Bertz CT molecular complexity index is 523. The fourth-order valence-corrected chi connectivity index (χ4v) is 1.77. The van der Waals surface area contributed by atoms with Gasteiger partial charge in [0.05, 0.1) is 14.2 Å². The molecule has 2 aromatic carbocycles. The molecule has 17 heavy (non-hydrogen) atoms. The zero-order valence-corrected chi connectivity index (χ0v) is 9.94. The number of para-hydroxylation sites is 1. The van der Waals surface area contributed by atoms with E-state index in [9.17, 15) is 0 Å². The summed E-state index contributed by atoms with van der Waals surface area (Å²) in [5.41, 5.74) is 8.58. The predicted octanol–water partition coefficient (Wildman–Crippen LogP) is 2.95. The Balaban J connectivity index is 2.60. The molecule has 2 N–H and O–H groups in total. The molecule has 0 unspecified atom stereocenters. The van der Waals surface area contributed by atoms with E-state index in [4.69, 9.17) is 15.2 Å². The topological polar surface area (TPSA) is 44.5 Å². The first kappa shape index (κ1) is 11.3. The molecule has 0 aliphatic heterocycles. The van der Waals surface area contributed by atoms with Crippen LogP contribution in [-0.4, -0.2) is 14.2 Å². The Kier molecular flexibility index (Phi) is 3.19. The van der Waals surface area contributed by atoms with Crippen LogP contribution in [0.4, 0.5) is 5.69 Å². The molecule has 0 amide bonds. The van der Waals surface area contributed by atoms with Crippen molar-refractivity contribution in [3.63, 3.8) is 0 Å². The van der Waals surface area contributed by atoms with Crippen molar-refractivity contribution in [3.05, 3.63) is 42.5 Å². The number of nitrogen functional groups attached to an aromatic ring is 1. The third-order valence-corrected chi connectivity index (χ3v) is 2.66. The van der Waals surface area contributed by atoms with Crippen molar-refractivity contribution in [1.29, 1.82) is 0 Å². The van der Waals surface area contributed by atoms with Gasteiger partial charge in [-0.3, -0.25) is 0 Å². The molecule has 0 aliphatic carbocycles. The van der Waals surface area contributed by atoms with E-state index in [1.807, 2.05) is 42.5 Å². The van der Waals surface area contributed by atoms with Gasteiger partial charge < -0.3 is 15.2 Å². The number of ether oxygens (including phenoxy) is 2. The van der Waals surface area contributed by atoms with Gasteiger partial charge >= 0.3 is 0 Å². The van der Waals surface area contributed by atoms with Crippen molar-refractivity contribution < 1.29 is 9.47 Å². The number of benzene rings is 2. The Hall–Kier alpha value is -2.16. The lowest BCUT2D eigenvalue weighted by Gasteiger charge is -2.12. The molecule has 3 nitrogen and oxygen atoms in total. The van der Waals surface area contributed by atoms with Crippen LogP contribution in [0.2, 0.25) is 0 Å². The maximum Gasteiger partial charge on any atom is 0.127 e. The van der Waals surface area contributed by atoms with Crippen molar-refractivity contribution >= 4 is 5.69 Å². The Morgan fingerprint density at radius 1 is 0.882 bits per heavy atom. The van der Waals surface area contributed by atoms with Gasteiger partial charge in [-0.05, 0) is 24.3 Å². The molecule has 0 saturated carbocycles. The highest BCUT2D eigenvalue weighted by molar-refractivity contribution is 5.81. The number of hydrogen-bond donors (Lipinski definition) is 1. The van der Waals surface area contributed by atoms with Gasteiger partial charge in [-0.25, -0.2) is 0 Å². The van der Waals surface area contributed by atoms with Crippen molar-refractivity contribution in [3.8, 4) is 22.6 Å². The van der Waals surface area contributed by atoms with Gasteiger partial charge in [0, 0.05) is 16.8 Å². The lowest BCUT2D eigenvalue weighted by molar-refractivity contribution is 0.404. The van der Waals surface area contributed by atoms with Crippen LogP contribution in [0, 0.1) is 0 Å². The predicted molar refractivity (Wildman–Crippen MR) is 69.4 cm³/mol. The second kappa shape index (κ2) is 4.78. The summed E-state index contributed by atoms with van der Waals surface area (Å²) in [5.74, 6) is 1.56. The molecule has 0 bridgehead atoms. The SMILES string of the molecule is COc1ccc(OC)c(-c2ccccc2N)c1. The van der Waals surface area contributed by atoms with Gasteiger partial charge in [-0.2, -0.15) is 0 Å². The lowest BCUT2D eigenvalue weighted by Crippen LogP contribution is -1.93. The minimum Gasteiger partial charge on any atom is -0.497 e. The summed E-state index contributed by atoms with van der Waals surface area (Å²) < 4.78 is 10.6. The van der Waals surface area contributed by atoms with Crippen LogP contribution >= 0.6 is 0 Å². The highest BCUT2D eigenvalue weighted by Gasteiger charge is 2.09. The quantitative estimate of drug-likeness (QED) is 0.823. The Labute approximate surface area is 101 Å². The van der Waals surface area contributed by atoms with Crippen molar-refractivity contribution in [2.24, 2.45) is 0 Å². The third kappa shape index (κ3) is 2.18. The van der Waals surface area contributed by atoms with Crippen molar-refractivity contribution in [1.82, 2.24) is 0 Å². The normalized spacial score (nSPS) is 10.0. The van der Waals surface area contributed by atoms with Crippen LogP contribution in [0.15, 0.2) is 42.5 Å². The second-order valence-corrected chi connectivity index (χ2v) is 3.65. The molecule has 0 aromatic heterocycles. The maximum atomic E-state index is 5.97. The van der Waals surface area contributed by atoms with Crippen LogP contribution in [0.1, 0.15) is 0 Å². The monoisotopic (exact) mass is 229 g/mol. The first-order valence-corrected chi connectivity index (χ1v) is 5.33. The van der Waals surface area contributed by atoms with Crippen LogP contribution in [0.3, 0.4) is 0 Å². The molecule has 0 spiro atoms. The largest absolute Gasteiger partial charge is 0.497 e. The van der Waals surface area contributed by atoms with E-state index in [1.54, 1.807) is 14.2 Å². The summed E-state index contributed by atoms with van der Waals surface area (Å²) in [4.78, 5) is 0. The summed E-state index contributed by atoms with van der Waals surface area (Å²) >= 11 is 0. The van der Waals surface area contributed by atoms with Gasteiger partial charge in [-0.15, -0.1) is 0 Å². The van der Waals surface area contributed by atoms with Gasteiger partial charge in [0.15, 0.2) is 0 Å². The van der Waals surface area contributed by atoms with Crippen LogP contribution < -0.4 is 15.2 Å². The van der Waals surface area contributed by atoms with Gasteiger partial charge in [-0.1, -0.05) is 18.2 Å². The molecular weight excluding hydrogens is 214 g/mol. The van der Waals surface area contributed by atoms with Crippen LogP contribution in [0.25, 0.3) is 11.1 Å². The fourth-order valence-electron chi connectivity index (χ4n) is 1.77. The Morgan fingerprint density at radius 2 is 1.65 bits per heavy atom. The molecule has 0 aliphatic rings. The van der Waals surface area contributed by atoms with E-state index in [0.29, 0.717) is 0 Å². The highest BCUT2D eigenvalue weighted by Crippen LogP contribution is 2.36. The molecular formula is C14H15NO2. The standard InChI is InChI=1S/C14H15NO2/c1-16-10-7-8-14(17-2)12(9-10)11-5-3-4-6-13(11)15/h3-9H,15H2,1-2H3. The maximum absolute atomic E-state index is 5.97.